The van der Waals surface area contributed by atoms with Gasteiger partial charge >= 0.3 is 6.03 Å². The number of nitrogens with zero attached hydrogens (tertiary/aromatic N) is 3. The maximum absolute atomic E-state index is 12.5. The third-order valence-electron chi connectivity index (χ3n) is 5.65. The summed E-state index contributed by atoms with van der Waals surface area (Å²) in [7, 11) is 0. The molecule has 33 heavy (non-hydrogen) atoms. The van der Waals surface area contributed by atoms with Gasteiger partial charge in [-0.25, -0.2) is 4.79 Å². The summed E-state index contributed by atoms with van der Waals surface area (Å²) in [5.74, 6) is 1.34. The number of hydrogen-bond acceptors (Lipinski definition) is 4. The molecule has 0 saturated heterocycles. The van der Waals surface area contributed by atoms with Crippen molar-refractivity contribution in [2.45, 2.75) is 62.5 Å². The Labute approximate surface area is 208 Å². The molecule has 9 heteroatoms. The molecule has 1 aromatic heterocycles. The van der Waals surface area contributed by atoms with Crippen molar-refractivity contribution in [1.29, 1.82) is 0 Å². The largest absolute Gasteiger partial charge is 0.335 e. The lowest BCUT2D eigenvalue weighted by atomic mass is 9.96. The van der Waals surface area contributed by atoms with Crippen LogP contribution < -0.4 is 10.6 Å². The molecule has 0 bridgehead atoms. The maximum atomic E-state index is 12.5. The van der Waals surface area contributed by atoms with E-state index < -0.39 is 0 Å². The smallest absolute Gasteiger partial charge is 0.315 e. The van der Waals surface area contributed by atoms with Crippen LogP contribution in [0.2, 0.25) is 10.0 Å². The van der Waals surface area contributed by atoms with Crippen LogP contribution in [0.25, 0.3) is 5.69 Å². The molecule has 1 fully saturated rings. The summed E-state index contributed by atoms with van der Waals surface area (Å²) in [4.78, 5) is 12.5. The van der Waals surface area contributed by atoms with Crippen molar-refractivity contribution in [2.24, 2.45) is 0 Å². The number of hydrogen-bond donors (Lipinski definition) is 2. The minimum atomic E-state index is -0.187. The van der Waals surface area contributed by atoms with E-state index in [9.17, 15) is 4.79 Å². The van der Waals surface area contributed by atoms with Crippen molar-refractivity contribution in [3.8, 4) is 5.69 Å². The molecule has 0 radical (unpaired) electrons. The van der Waals surface area contributed by atoms with E-state index in [0.29, 0.717) is 21.0 Å². The molecule has 6 nitrogen and oxygen atoms in total. The predicted molar refractivity (Wildman–Crippen MR) is 134 cm³/mol. The Bertz CT molecular complexity index is 1110. The van der Waals surface area contributed by atoms with Crippen LogP contribution in [0.1, 0.15) is 49.1 Å². The maximum Gasteiger partial charge on any atom is 0.315 e. The van der Waals surface area contributed by atoms with Crippen molar-refractivity contribution in [3.63, 3.8) is 0 Å². The Morgan fingerprint density at radius 3 is 2.70 bits per heavy atom. The minimum Gasteiger partial charge on any atom is -0.335 e. The molecule has 174 valence electrons. The number of rotatable bonds is 7. The summed E-state index contributed by atoms with van der Waals surface area (Å²) >= 11 is 14.2. The number of carbonyl (C=O) groups excluding carboxylic acids is 1. The first-order valence-electron chi connectivity index (χ1n) is 11.1. The predicted octanol–water partition coefficient (Wildman–Crippen LogP) is 6.31. The third kappa shape index (κ3) is 6.43. The Balaban J connectivity index is 1.52. The van der Waals surface area contributed by atoms with Crippen LogP contribution >= 0.6 is 35.0 Å². The summed E-state index contributed by atoms with van der Waals surface area (Å²) in [6, 6.07) is 13.7. The van der Waals surface area contributed by atoms with E-state index in [1.807, 2.05) is 16.7 Å². The van der Waals surface area contributed by atoms with Crippen molar-refractivity contribution in [1.82, 2.24) is 25.4 Å². The number of halogens is 2. The van der Waals surface area contributed by atoms with Crippen LogP contribution in [0.5, 0.6) is 0 Å². The van der Waals surface area contributed by atoms with Gasteiger partial charge in [-0.15, -0.1) is 10.2 Å². The molecule has 3 aromatic rings. The molecule has 0 atom stereocenters. The van der Waals surface area contributed by atoms with Crippen molar-refractivity contribution >= 4 is 41.0 Å². The molecule has 2 aromatic carbocycles. The number of aromatic nitrogens is 3. The lowest BCUT2D eigenvalue weighted by Crippen LogP contribution is -2.42. The lowest BCUT2D eigenvalue weighted by molar-refractivity contribution is 0.232. The number of thioether (sulfide) groups is 1. The molecule has 1 aliphatic rings. The Kier molecular flexibility index (Phi) is 8.17. The Morgan fingerprint density at radius 2 is 1.94 bits per heavy atom. The molecule has 1 aliphatic carbocycles. The van der Waals surface area contributed by atoms with Gasteiger partial charge in [-0.3, -0.25) is 4.57 Å². The highest BCUT2D eigenvalue weighted by Gasteiger charge is 2.19. The van der Waals surface area contributed by atoms with Crippen LogP contribution in [0.3, 0.4) is 0 Å². The molecule has 4 rings (SSSR count). The zero-order chi connectivity index (χ0) is 23.2. The topological polar surface area (TPSA) is 71.8 Å². The fourth-order valence-electron chi connectivity index (χ4n) is 4.01. The van der Waals surface area contributed by atoms with Gasteiger partial charge in [-0.2, -0.15) is 0 Å². The second-order valence-corrected chi connectivity index (χ2v) is 10.1. The number of amides is 2. The van der Waals surface area contributed by atoms with Crippen LogP contribution in [-0.2, 0) is 12.3 Å². The van der Waals surface area contributed by atoms with Gasteiger partial charge in [0.1, 0.15) is 0 Å². The summed E-state index contributed by atoms with van der Waals surface area (Å²) in [6.45, 7) is 2.31. The van der Waals surface area contributed by atoms with E-state index in [4.69, 9.17) is 23.2 Å². The zero-order valence-corrected chi connectivity index (χ0v) is 20.8. The summed E-state index contributed by atoms with van der Waals surface area (Å²) in [6.07, 6.45) is 5.63. The second-order valence-electron chi connectivity index (χ2n) is 8.27. The van der Waals surface area contributed by atoms with Gasteiger partial charge in [0.25, 0.3) is 0 Å². The van der Waals surface area contributed by atoms with Crippen LogP contribution in [0.4, 0.5) is 4.79 Å². The molecule has 0 aliphatic heterocycles. The van der Waals surface area contributed by atoms with Gasteiger partial charge in [0.15, 0.2) is 11.0 Å². The fourth-order valence-corrected chi connectivity index (χ4v) is 5.41. The highest BCUT2D eigenvalue weighted by molar-refractivity contribution is 7.98. The number of nitrogens with one attached hydrogen (secondary N) is 2. The van der Waals surface area contributed by atoms with Gasteiger partial charge < -0.3 is 10.6 Å². The average Bonchev–Trinajstić information content (AvgIpc) is 3.19. The molecule has 0 unspecified atom stereocenters. The van der Waals surface area contributed by atoms with Gasteiger partial charge in [0, 0.05) is 16.8 Å². The average molecular weight is 504 g/mol. The lowest BCUT2D eigenvalue weighted by Gasteiger charge is -2.22. The SMILES string of the molecule is Cc1cccc(CSc2nnc(CNC(=O)NC3CCCCC3)n2-c2ccc(Cl)cc2Cl)c1. The van der Waals surface area contributed by atoms with E-state index >= 15 is 0 Å². The summed E-state index contributed by atoms with van der Waals surface area (Å²) < 4.78 is 1.89. The van der Waals surface area contributed by atoms with E-state index in [-0.39, 0.29) is 18.6 Å². The highest BCUT2D eigenvalue weighted by Crippen LogP contribution is 2.31. The van der Waals surface area contributed by atoms with Crippen LogP contribution in [0, 0.1) is 6.92 Å². The highest BCUT2D eigenvalue weighted by atomic mass is 35.5. The number of benzene rings is 2. The molecule has 1 saturated carbocycles. The molecule has 1 heterocycles. The van der Waals surface area contributed by atoms with Crippen LogP contribution in [0.15, 0.2) is 47.6 Å². The van der Waals surface area contributed by atoms with E-state index in [1.165, 1.54) is 17.5 Å². The number of urea groups is 1. The van der Waals surface area contributed by atoms with Gasteiger partial charge in [0.05, 0.1) is 17.3 Å². The van der Waals surface area contributed by atoms with Gasteiger partial charge in [-0.1, -0.05) is 84.1 Å². The first-order valence-corrected chi connectivity index (χ1v) is 12.9. The van der Waals surface area contributed by atoms with Gasteiger partial charge in [0.2, 0.25) is 0 Å². The second kappa shape index (κ2) is 11.3. The van der Waals surface area contributed by atoms with Crippen LogP contribution in [-0.4, -0.2) is 26.8 Å². The quantitative estimate of drug-likeness (QED) is 0.370. The number of carbonyl (C=O) groups is 1. The van der Waals surface area contributed by atoms with Crippen molar-refractivity contribution in [2.75, 3.05) is 0 Å². The molecule has 2 N–H and O–H groups in total. The first-order chi connectivity index (χ1) is 16.0. The molecule has 0 spiro atoms. The van der Waals surface area contributed by atoms with Gasteiger partial charge in [-0.05, 0) is 43.5 Å². The van der Waals surface area contributed by atoms with E-state index in [0.717, 1.165) is 37.1 Å². The minimum absolute atomic E-state index is 0.187. The summed E-state index contributed by atoms with van der Waals surface area (Å²) in [5, 5.41) is 16.5. The first kappa shape index (κ1) is 23.9. The Morgan fingerprint density at radius 1 is 1.12 bits per heavy atom. The fraction of sp³-hybridized carbons (Fsp3) is 0.375. The van der Waals surface area contributed by atoms with Crippen molar-refractivity contribution in [3.05, 3.63) is 69.5 Å². The molecule has 2 amide bonds. The monoisotopic (exact) mass is 503 g/mol. The third-order valence-corrected chi connectivity index (χ3v) is 7.19. The zero-order valence-electron chi connectivity index (χ0n) is 18.5. The molecular weight excluding hydrogens is 477 g/mol. The summed E-state index contributed by atoms with van der Waals surface area (Å²) in [5.41, 5.74) is 3.13. The van der Waals surface area contributed by atoms with E-state index in [2.05, 4.69) is 46.0 Å². The standard InChI is InChI=1S/C24H27Cl2N5OS/c1-16-6-5-7-17(12-16)15-33-24-30-29-22(31(24)21-11-10-18(25)13-20(21)26)14-27-23(32)28-19-8-3-2-4-9-19/h5-7,10-13,19H,2-4,8-9,14-15H2,1H3,(H2,27,28,32). The van der Waals surface area contributed by atoms with Crippen molar-refractivity contribution < 1.29 is 4.79 Å². The number of aryl methyl sites for hydroxylation is 1. The van der Waals surface area contributed by atoms with E-state index in [1.54, 1.807) is 23.9 Å². The Hall–Kier alpha value is -2.22. The normalized spacial score (nSPS) is 14.3. The molecular formula is C24H27Cl2N5OS.